The smallest absolute Gasteiger partial charge is 0.280 e. The Morgan fingerprint density at radius 1 is 1.30 bits per heavy atom. The van der Waals surface area contributed by atoms with E-state index in [-0.39, 0.29) is 5.03 Å². The number of hydrogen-bond donors (Lipinski definition) is 0. The van der Waals surface area contributed by atoms with E-state index in [1.54, 1.807) is 9.25 Å². The van der Waals surface area contributed by atoms with Crippen molar-refractivity contribution in [1.29, 1.82) is 0 Å². The van der Waals surface area contributed by atoms with Gasteiger partial charge in [-0.25, -0.2) is 13.4 Å². The van der Waals surface area contributed by atoms with Crippen LogP contribution in [-0.4, -0.2) is 27.7 Å². The van der Waals surface area contributed by atoms with Crippen LogP contribution in [0.15, 0.2) is 41.8 Å². The van der Waals surface area contributed by atoms with Crippen molar-refractivity contribution in [2.75, 3.05) is 0 Å². The minimum atomic E-state index is -3.80. The van der Waals surface area contributed by atoms with Crippen molar-refractivity contribution < 1.29 is 8.42 Å². The molecule has 0 bridgehead atoms. The summed E-state index contributed by atoms with van der Waals surface area (Å²) in [6.45, 7) is 0.431. The van der Waals surface area contributed by atoms with Crippen molar-refractivity contribution in [2.24, 2.45) is 7.05 Å². The maximum atomic E-state index is 11.2. The number of nitrogens with zero attached hydrogens (tertiary/aromatic N) is 4. The Labute approximate surface area is 120 Å². The SMILES string of the molecule is Cn1nc(Cn2cnc(S(=O)(=O)Cl)c2)c2ccccc21. The van der Waals surface area contributed by atoms with Crippen LogP contribution in [0.3, 0.4) is 0 Å². The van der Waals surface area contributed by atoms with Crippen LogP contribution in [-0.2, 0) is 22.6 Å². The molecule has 8 heteroatoms. The lowest BCUT2D eigenvalue weighted by Crippen LogP contribution is -1.99. The maximum Gasteiger partial charge on any atom is 0.280 e. The third-order valence-electron chi connectivity index (χ3n) is 3.03. The van der Waals surface area contributed by atoms with Gasteiger partial charge >= 0.3 is 0 Å². The molecule has 104 valence electrons. The molecule has 0 saturated carbocycles. The number of para-hydroxylation sites is 1. The number of imidazole rings is 1. The zero-order valence-corrected chi connectivity index (χ0v) is 12.1. The first kappa shape index (κ1) is 13.1. The Morgan fingerprint density at radius 2 is 2.05 bits per heavy atom. The van der Waals surface area contributed by atoms with E-state index in [1.165, 1.54) is 12.5 Å². The lowest BCUT2D eigenvalue weighted by atomic mass is 10.2. The lowest BCUT2D eigenvalue weighted by Gasteiger charge is -1.98. The van der Waals surface area contributed by atoms with E-state index >= 15 is 0 Å². The summed E-state index contributed by atoms with van der Waals surface area (Å²) in [7, 11) is 3.32. The van der Waals surface area contributed by atoms with Crippen molar-refractivity contribution >= 4 is 30.6 Å². The van der Waals surface area contributed by atoms with Crippen molar-refractivity contribution in [3.63, 3.8) is 0 Å². The Kier molecular flexibility index (Phi) is 3.02. The average Bonchev–Trinajstić information content (AvgIpc) is 2.97. The Hall–Kier alpha value is -1.86. The summed E-state index contributed by atoms with van der Waals surface area (Å²) < 4.78 is 25.8. The molecule has 0 N–H and O–H groups in total. The van der Waals surface area contributed by atoms with Crippen LogP contribution in [0, 0.1) is 0 Å². The van der Waals surface area contributed by atoms with E-state index in [4.69, 9.17) is 10.7 Å². The molecule has 0 spiro atoms. The van der Waals surface area contributed by atoms with Crippen LogP contribution in [0.4, 0.5) is 0 Å². The van der Waals surface area contributed by atoms with E-state index in [2.05, 4.69) is 10.1 Å². The molecule has 2 aromatic heterocycles. The van der Waals surface area contributed by atoms with E-state index in [9.17, 15) is 8.42 Å². The fourth-order valence-electron chi connectivity index (χ4n) is 2.13. The molecule has 0 atom stereocenters. The van der Waals surface area contributed by atoms with Gasteiger partial charge in [0.2, 0.25) is 0 Å². The zero-order chi connectivity index (χ0) is 14.3. The third-order valence-corrected chi connectivity index (χ3v) is 4.21. The molecule has 0 aliphatic carbocycles. The van der Waals surface area contributed by atoms with Gasteiger partial charge in [0, 0.05) is 29.3 Å². The van der Waals surface area contributed by atoms with Gasteiger partial charge in [0.05, 0.1) is 24.1 Å². The molecule has 0 radical (unpaired) electrons. The number of aromatic nitrogens is 4. The van der Waals surface area contributed by atoms with Crippen molar-refractivity contribution in [3.05, 3.63) is 42.5 Å². The fourth-order valence-corrected chi connectivity index (χ4v) is 2.80. The van der Waals surface area contributed by atoms with Crippen LogP contribution in [0.1, 0.15) is 5.69 Å². The molecule has 0 aliphatic heterocycles. The second-order valence-electron chi connectivity index (χ2n) is 4.41. The fraction of sp³-hybridized carbons (Fsp3) is 0.167. The van der Waals surface area contributed by atoms with Crippen LogP contribution < -0.4 is 0 Å². The average molecular weight is 311 g/mol. The van der Waals surface area contributed by atoms with Crippen LogP contribution in [0.25, 0.3) is 10.9 Å². The molecule has 6 nitrogen and oxygen atoms in total. The number of hydrogen-bond acceptors (Lipinski definition) is 4. The summed E-state index contributed by atoms with van der Waals surface area (Å²) >= 11 is 0. The van der Waals surface area contributed by atoms with Crippen molar-refractivity contribution in [1.82, 2.24) is 19.3 Å². The highest BCUT2D eigenvalue weighted by molar-refractivity contribution is 8.13. The quantitative estimate of drug-likeness (QED) is 0.691. The van der Waals surface area contributed by atoms with Crippen LogP contribution in [0.2, 0.25) is 0 Å². The minimum absolute atomic E-state index is 0.153. The molecule has 0 saturated heterocycles. The van der Waals surface area contributed by atoms with E-state index in [1.807, 2.05) is 31.3 Å². The Balaban J connectivity index is 2.00. The third kappa shape index (κ3) is 2.30. The Bertz CT molecular complexity index is 882. The van der Waals surface area contributed by atoms with Gasteiger partial charge in [-0.1, -0.05) is 18.2 Å². The summed E-state index contributed by atoms with van der Waals surface area (Å²) in [6.07, 6.45) is 2.82. The molecule has 0 unspecified atom stereocenters. The number of rotatable bonds is 3. The number of benzene rings is 1. The molecule has 0 amide bonds. The van der Waals surface area contributed by atoms with Gasteiger partial charge in [-0.2, -0.15) is 5.10 Å². The van der Waals surface area contributed by atoms with Gasteiger partial charge < -0.3 is 4.57 Å². The normalized spacial score (nSPS) is 12.1. The zero-order valence-electron chi connectivity index (χ0n) is 10.6. The van der Waals surface area contributed by atoms with Gasteiger partial charge in [-0.05, 0) is 6.07 Å². The van der Waals surface area contributed by atoms with Crippen LogP contribution in [0.5, 0.6) is 0 Å². The van der Waals surface area contributed by atoms with Gasteiger partial charge in [0.25, 0.3) is 9.05 Å². The monoisotopic (exact) mass is 310 g/mol. The summed E-state index contributed by atoms with van der Waals surface area (Å²) in [5.41, 5.74) is 1.87. The first-order valence-corrected chi connectivity index (χ1v) is 8.13. The molecular formula is C12H11ClN4O2S. The van der Waals surface area contributed by atoms with Gasteiger partial charge in [-0.3, -0.25) is 4.68 Å². The molecule has 3 rings (SSSR count). The molecule has 1 aromatic carbocycles. The second-order valence-corrected chi connectivity index (χ2v) is 6.92. The summed E-state index contributed by atoms with van der Waals surface area (Å²) in [5, 5.41) is 5.32. The van der Waals surface area contributed by atoms with Crippen molar-refractivity contribution in [2.45, 2.75) is 11.6 Å². The van der Waals surface area contributed by atoms with Gasteiger partial charge in [0.15, 0.2) is 5.03 Å². The van der Waals surface area contributed by atoms with Gasteiger partial charge in [0.1, 0.15) is 0 Å². The second kappa shape index (κ2) is 4.60. The standard InChI is InChI=1S/C12H11ClN4O2S/c1-16-11-5-3-2-4-9(11)10(15-16)6-17-7-12(14-8-17)20(13,18)19/h2-5,7-8H,6H2,1H3. The topological polar surface area (TPSA) is 69.8 Å². The number of halogens is 1. The predicted molar refractivity (Wildman–Crippen MR) is 75.1 cm³/mol. The van der Waals surface area contributed by atoms with Gasteiger partial charge in [-0.15, -0.1) is 0 Å². The maximum absolute atomic E-state index is 11.2. The first-order valence-electron chi connectivity index (χ1n) is 5.82. The highest BCUT2D eigenvalue weighted by atomic mass is 35.7. The Morgan fingerprint density at radius 3 is 2.75 bits per heavy atom. The van der Waals surface area contributed by atoms with Crippen molar-refractivity contribution in [3.8, 4) is 0 Å². The molecule has 0 aliphatic rings. The first-order chi connectivity index (χ1) is 9.45. The molecular weight excluding hydrogens is 300 g/mol. The van der Waals surface area contributed by atoms with E-state index in [0.717, 1.165) is 16.6 Å². The lowest BCUT2D eigenvalue weighted by molar-refractivity contribution is 0.606. The highest BCUT2D eigenvalue weighted by Gasteiger charge is 2.15. The summed E-state index contributed by atoms with van der Waals surface area (Å²) in [5.74, 6) is 0. The predicted octanol–water partition coefficient (Wildman–Crippen LogP) is 1.75. The minimum Gasteiger partial charge on any atom is -0.330 e. The van der Waals surface area contributed by atoms with E-state index < -0.39 is 9.05 Å². The summed E-state index contributed by atoms with van der Waals surface area (Å²) in [6, 6.07) is 7.85. The summed E-state index contributed by atoms with van der Waals surface area (Å²) in [4.78, 5) is 3.78. The molecule has 0 fully saturated rings. The number of aryl methyl sites for hydroxylation is 1. The largest absolute Gasteiger partial charge is 0.330 e. The van der Waals surface area contributed by atoms with Crippen LogP contribution >= 0.6 is 10.7 Å². The molecule has 2 heterocycles. The molecule has 3 aromatic rings. The molecule has 20 heavy (non-hydrogen) atoms. The van der Waals surface area contributed by atoms with E-state index in [0.29, 0.717) is 6.54 Å². The number of fused-ring (bicyclic) bond motifs is 1. The highest BCUT2D eigenvalue weighted by Crippen LogP contribution is 2.19.